The molecule has 0 unspecified atom stereocenters. The predicted molar refractivity (Wildman–Crippen MR) is 374 cm³/mol. The summed E-state index contributed by atoms with van der Waals surface area (Å²) in [6, 6.07) is 28.9. The number of carbonyl (C=O) groups excluding carboxylic acids is 4. The van der Waals surface area contributed by atoms with Crippen molar-refractivity contribution in [2.24, 2.45) is 0 Å². The second-order valence-electron chi connectivity index (χ2n) is 25.5. The summed E-state index contributed by atoms with van der Waals surface area (Å²) < 4.78 is 43.2. The minimum atomic E-state index is -1.52. The van der Waals surface area contributed by atoms with E-state index in [9.17, 15) is 19.2 Å². The molecule has 0 spiro atoms. The minimum Gasteiger partial charge on any atom is -0.463 e. The Bertz CT molecular complexity index is 3960. The van der Waals surface area contributed by atoms with E-state index in [-0.39, 0.29) is 5.75 Å². The fourth-order valence-corrected chi connectivity index (χ4v) is 13.1. The normalized spacial score (nSPS) is 16.5. The van der Waals surface area contributed by atoms with Crippen molar-refractivity contribution in [2.75, 3.05) is 6.61 Å². The van der Waals surface area contributed by atoms with Gasteiger partial charge in [-0.05, 0) is 90.6 Å². The number of hydrogen-bond donors (Lipinski definition) is 2. The van der Waals surface area contributed by atoms with Crippen LogP contribution in [0.5, 0.6) is 5.75 Å². The molecule has 1 aromatic carbocycles. The molecule has 0 amide bonds. The molecule has 5 atom stereocenters. The number of unbranched alkanes of at least 4 members (excludes halogenated alkanes) is 15. The second-order valence-corrected chi connectivity index (χ2v) is 25.5. The van der Waals surface area contributed by atoms with E-state index in [1.807, 2.05) is 30.4 Å². The lowest BCUT2D eigenvalue weighted by molar-refractivity contribution is -0.697. The molecule has 1 fully saturated rings. The van der Waals surface area contributed by atoms with Crippen LogP contribution in [0.15, 0.2) is 122 Å². The first-order valence-electron chi connectivity index (χ1n) is 35.0. The SMILES string of the molecule is CCCCCCCC[n+]1ccc(-c2c3nc(c(-c4cc[n+](CCCCCCCC)cc4)c4ccc([nH]4)c(-c4ccccc4O[C@@H]4O[C@H](COC(C)=O)[C@@H](OC(C)=O)[C@H](OC(C)=O)[C@H]4OC(C)=O)c4nc(c(-c5cc[n+](CCCCCCCC)cc5)c5ccc2[nH]5)C=C4)C=C3)cc1. The van der Waals surface area contributed by atoms with E-state index in [4.69, 9.17) is 38.4 Å². The van der Waals surface area contributed by atoms with Crippen LogP contribution in [0, 0.1) is 0 Å². The van der Waals surface area contributed by atoms with Gasteiger partial charge in [0.15, 0.2) is 49.4 Å². The van der Waals surface area contributed by atoms with Gasteiger partial charge in [-0.3, -0.25) is 19.2 Å². The summed E-state index contributed by atoms with van der Waals surface area (Å²) in [7, 11) is 0. The molecule has 6 aromatic heterocycles. The third-order valence-electron chi connectivity index (χ3n) is 18.0. The van der Waals surface area contributed by atoms with E-state index in [0.29, 0.717) is 28.0 Å². The average molecular weight is 1300 g/mol. The Kier molecular flexibility index (Phi) is 25.1. The van der Waals surface area contributed by atoms with E-state index < -0.39 is 61.2 Å². The van der Waals surface area contributed by atoms with Gasteiger partial charge in [-0.1, -0.05) is 116 Å². The molecule has 2 N–H and O–H groups in total. The summed E-state index contributed by atoms with van der Waals surface area (Å²) >= 11 is 0. The van der Waals surface area contributed by atoms with Gasteiger partial charge in [0.25, 0.3) is 0 Å². The molecular formula is C79H96N7O10+3. The van der Waals surface area contributed by atoms with Gasteiger partial charge >= 0.3 is 23.9 Å². The van der Waals surface area contributed by atoms with Crippen molar-refractivity contribution in [1.29, 1.82) is 0 Å². The smallest absolute Gasteiger partial charge is 0.303 e. The van der Waals surface area contributed by atoms with Crippen molar-refractivity contribution >= 4 is 70.2 Å². The number of rotatable bonds is 32. The number of H-pyrrole nitrogens is 2. The maximum atomic E-state index is 13.1. The van der Waals surface area contributed by atoms with Crippen molar-refractivity contribution in [3.63, 3.8) is 0 Å². The first-order chi connectivity index (χ1) is 46.8. The van der Waals surface area contributed by atoms with E-state index >= 15 is 0 Å². The number of carbonyl (C=O) groups is 4. The first kappa shape index (κ1) is 69.7. The number of benzene rings is 1. The number of aryl methyl sites for hydroxylation is 3. The van der Waals surface area contributed by atoms with Crippen LogP contribution < -0.4 is 18.4 Å². The lowest BCUT2D eigenvalue weighted by Gasteiger charge is -2.44. The van der Waals surface area contributed by atoms with Gasteiger partial charge in [-0.2, -0.15) is 0 Å². The Labute approximate surface area is 565 Å². The first-order valence-corrected chi connectivity index (χ1v) is 35.0. The lowest BCUT2D eigenvalue weighted by Crippen LogP contribution is -2.63. The number of para-hydroxylation sites is 1. The zero-order valence-electron chi connectivity index (χ0n) is 57.1. The molecule has 3 aliphatic heterocycles. The van der Waals surface area contributed by atoms with Gasteiger partial charge in [0.2, 0.25) is 12.4 Å². The molecular weight excluding hydrogens is 1210 g/mol. The largest absolute Gasteiger partial charge is 0.463 e. The van der Waals surface area contributed by atoms with E-state index in [1.54, 1.807) is 12.1 Å². The summed E-state index contributed by atoms with van der Waals surface area (Å²) in [6.45, 7) is 13.9. The highest BCUT2D eigenvalue weighted by molar-refractivity contribution is 6.00. The summed E-state index contributed by atoms with van der Waals surface area (Å²) in [4.78, 5) is 70.2. The molecule has 10 rings (SSSR count). The van der Waals surface area contributed by atoms with Crippen molar-refractivity contribution in [3.8, 4) is 50.3 Å². The number of pyridine rings is 3. The van der Waals surface area contributed by atoms with Crippen LogP contribution in [-0.4, -0.2) is 81.1 Å². The zero-order chi connectivity index (χ0) is 67.3. The maximum Gasteiger partial charge on any atom is 0.303 e. The van der Waals surface area contributed by atoms with Gasteiger partial charge in [-0.25, -0.2) is 23.7 Å². The molecule has 504 valence electrons. The van der Waals surface area contributed by atoms with Gasteiger partial charge < -0.3 is 38.4 Å². The molecule has 0 radical (unpaired) electrons. The lowest BCUT2D eigenvalue weighted by atomic mass is 9.97. The Morgan fingerprint density at radius 2 is 0.771 bits per heavy atom. The van der Waals surface area contributed by atoms with Gasteiger partial charge in [-0.15, -0.1) is 0 Å². The summed E-state index contributed by atoms with van der Waals surface area (Å²) in [6.07, 6.45) is 36.1. The molecule has 0 aliphatic carbocycles. The van der Waals surface area contributed by atoms with Gasteiger partial charge in [0, 0.05) is 133 Å². The molecule has 1 saturated heterocycles. The number of nitrogens with one attached hydrogen (secondary N) is 2. The van der Waals surface area contributed by atoms with Crippen LogP contribution in [0.25, 0.3) is 90.9 Å². The Balaban J connectivity index is 1.18. The molecule has 3 aliphatic rings. The quantitative estimate of drug-likeness (QED) is 0.0176. The van der Waals surface area contributed by atoms with Crippen LogP contribution in [-0.2, 0) is 62.5 Å². The number of fused-ring (bicyclic) bond motifs is 8. The third-order valence-corrected chi connectivity index (χ3v) is 18.0. The monoisotopic (exact) mass is 1300 g/mol. The van der Waals surface area contributed by atoms with Crippen LogP contribution >= 0.6 is 0 Å². The van der Waals surface area contributed by atoms with Crippen molar-refractivity contribution in [1.82, 2.24) is 19.9 Å². The maximum absolute atomic E-state index is 13.1. The second kappa shape index (κ2) is 34.5. The Morgan fingerprint density at radius 1 is 0.417 bits per heavy atom. The average Bonchev–Trinajstić information content (AvgIpc) is 1.42. The highest BCUT2D eigenvalue weighted by atomic mass is 16.7. The highest BCUT2D eigenvalue weighted by Gasteiger charge is 2.53. The Hall–Kier alpha value is -9.09. The summed E-state index contributed by atoms with van der Waals surface area (Å²) in [5.41, 5.74) is 13.0. The Morgan fingerprint density at radius 3 is 1.17 bits per heavy atom. The fourth-order valence-electron chi connectivity index (χ4n) is 13.1. The predicted octanol–water partition coefficient (Wildman–Crippen LogP) is 15.7. The van der Waals surface area contributed by atoms with E-state index in [2.05, 4.69) is 148 Å². The topological polar surface area (TPSA) is 193 Å². The molecule has 17 nitrogen and oxygen atoms in total. The molecule has 7 aromatic rings. The van der Waals surface area contributed by atoms with Crippen LogP contribution in [0.1, 0.15) is 187 Å². The minimum absolute atomic E-state index is 0.265. The van der Waals surface area contributed by atoms with Crippen LogP contribution in [0.2, 0.25) is 0 Å². The number of ether oxygens (including phenoxy) is 6. The van der Waals surface area contributed by atoms with Crippen molar-refractivity contribution in [2.45, 2.75) is 214 Å². The summed E-state index contributed by atoms with van der Waals surface area (Å²) in [5, 5.41) is 0. The van der Waals surface area contributed by atoms with Crippen LogP contribution in [0.4, 0.5) is 0 Å². The van der Waals surface area contributed by atoms with Gasteiger partial charge in [0.05, 0.1) is 22.8 Å². The summed E-state index contributed by atoms with van der Waals surface area (Å²) in [5.74, 6) is -2.62. The molecule has 8 bridgehead atoms. The molecule has 0 saturated carbocycles. The number of aromatic amines is 2. The molecule has 96 heavy (non-hydrogen) atoms. The van der Waals surface area contributed by atoms with Crippen molar-refractivity contribution in [3.05, 3.63) is 145 Å². The third kappa shape index (κ3) is 18.3. The molecule has 17 heteroatoms. The number of hydrogen-bond acceptors (Lipinski definition) is 12. The van der Waals surface area contributed by atoms with E-state index in [1.165, 1.54) is 124 Å². The fraction of sp³-hybridized carbons (Fsp3) is 0.430. The highest BCUT2D eigenvalue weighted by Crippen LogP contribution is 2.42. The molecule has 9 heterocycles. The number of aromatic nitrogens is 7. The van der Waals surface area contributed by atoms with Crippen molar-refractivity contribution < 1.29 is 61.3 Å². The number of nitrogens with zero attached hydrogens (tertiary/aromatic N) is 5. The number of esters is 4. The van der Waals surface area contributed by atoms with E-state index in [0.717, 1.165) is 100 Å². The van der Waals surface area contributed by atoms with Crippen LogP contribution in [0.3, 0.4) is 0 Å². The zero-order valence-corrected chi connectivity index (χ0v) is 57.1. The van der Waals surface area contributed by atoms with Gasteiger partial charge in [0.1, 0.15) is 38.1 Å². The standard InChI is InChI=1S/C79H95N7O10/c1-8-11-14-17-20-25-44-84-47-38-58(39-48-84)72-62-30-32-64(80-62)73(59-40-49-85(50-41-59)45-26-21-18-15-12-9-2)66-34-36-68(82-66)75(69-37-35-67(83-69)74(65-33-31-63(72)81-65)60-42-51-86(52-43-60)46-27-22-19-16-13-10-3)61-28-23-24-29-70(61)95-79-78(94-57(7)90)77(93-56(6)89)76(92-55(5)88)71(96-79)53-91-54(4)87/h23-24,28-43,47-52,71,76-79H,8-22,25-27,44-46,53H2,1-7H3,(H,80,81,82,83)/q+2/p+1/t71-,76-,77+,78-,79-/m1/s1.